The quantitative estimate of drug-likeness (QED) is 0.865. The van der Waals surface area contributed by atoms with Crippen molar-refractivity contribution < 1.29 is 13.2 Å². The van der Waals surface area contributed by atoms with Crippen LogP contribution in [-0.4, -0.2) is 23.1 Å². The van der Waals surface area contributed by atoms with Gasteiger partial charge in [-0.25, -0.2) is 4.98 Å². The molecule has 1 aromatic carbocycles. The Hall–Kier alpha value is -2.31. The van der Waals surface area contributed by atoms with E-state index in [4.69, 9.17) is 0 Å². The predicted molar refractivity (Wildman–Crippen MR) is 92.1 cm³/mol. The lowest BCUT2D eigenvalue weighted by Crippen LogP contribution is -2.35. The second-order valence-electron chi connectivity index (χ2n) is 6.58. The van der Waals surface area contributed by atoms with Crippen molar-refractivity contribution in [2.45, 2.75) is 32.9 Å². The molecule has 1 N–H and O–H groups in total. The smallest absolute Gasteiger partial charge is 0.356 e. The van der Waals surface area contributed by atoms with Crippen molar-refractivity contribution in [2.75, 3.05) is 23.3 Å². The van der Waals surface area contributed by atoms with Crippen LogP contribution in [0.5, 0.6) is 0 Å². The van der Waals surface area contributed by atoms with E-state index in [1.54, 1.807) is 0 Å². The van der Waals surface area contributed by atoms with Gasteiger partial charge < -0.3 is 10.2 Å². The Morgan fingerprint density at radius 3 is 2.52 bits per heavy atom. The first kappa shape index (κ1) is 17.5. The molecule has 4 nitrogen and oxygen atoms in total. The number of rotatable bonds is 3. The zero-order valence-corrected chi connectivity index (χ0v) is 14.3. The lowest BCUT2D eigenvalue weighted by molar-refractivity contribution is -0.137. The highest BCUT2D eigenvalue weighted by Gasteiger charge is 2.30. The van der Waals surface area contributed by atoms with Crippen molar-refractivity contribution in [3.8, 4) is 0 Å². The molecule has 1 unspecified atom stereocenters. The van der Waals surface area contributed by atoms with Gasteiger partial charge in [0.1, 0.15) is 5.82 Å². The Morgan fingerprint density at radius 2 is 1.88 bits per heavy atom. The monoisotopic (exact) mass is 350 g/mol. The molecule has 0 radical (unpaired) electrons. The average Bonchev–Trinajstić information content (AvgIpc) is 2.54. The first-order valence-corrected chi connectivity index (χ1v) is 8.36. The third-order valence-corrected chi connectivity index (χ3v) is 4.29. The highest BCUT2D eigenvalue weighted by Crippen LogP contribution is 2.30. The second-order valence-corrected chi connectivity index (χ2v) is 6.58. The molecule has 2 heterocycles. The molecule has 0 spiro atoms. The average molecular weight is 350 g/mol. The van der Waals surface area contributed by atoms with E-state index in [1.807, 2.05) is 13.0 Å². The summed E-state index contributed by atoms with van der Waals surface area (Å²) in [5, 5.41) is 3.00. The van der Waals surface area contributed by atoms with Crippen LogP contribution in [0.3, 0.4) is 0 Å². The zero-order chi connectivity index (χ0) is 18.0. The summed E-state index contributed by atoms with van der Waals surface area (Å²) in [6.07, 6.45) is -1.99. The van der Waals surface area contributed by atoms with E-state index in [0.29, 0.717) is 17.6 Å². The minimum absolute atomic E-state index is 0.396. The SMILES string of the molecule is Cc1cc(N2CCCC(C)C2)nc(Nc2ccc(C(F)(F)F)cc2)n1. The van der Waals surface area contributed by atoms with Gasteiger partial charge in [0.15, 0.2) is 0 Å². The van der Waals surface area contributed by atoms with Gasteiger partial charge in [0.25, 0.3) is 0 Å². The van der Waals surface area contributed by atoms with Crippen LogP contribution in [0.4, 0.5) is 30.6 Å². The summed E-state index contributed by atoms with van der Waals surface area (Å²) in [6, 6.07) is 6.81. The summed E-state index contributed by atoms with van der Waals surface area (Å²) in [6.45, 7) is 6.02. The Bertz CT molecular complexity index is 728. The second kappa shape index (κ2) is 6.90. The maximum Gasteiger partial charge on any atom is 0.416 e. The van der Waals surface area contributed by atoms with Crippen LogP contribution in [0.2, 0.25) is 0 Å². The third-order valence-electron chi connectivity index (χ3n) is 4.29. The lowest BCUT2D eigenvalue weighted by Gasteiger charge is -2.32. The maximum atomic E-state index is 12.6. The molecule has 1 saturated heterocycles. The molecule has 1 aliphatic heterocycles. The Kier molecular flexibility index (Phi) is 4.83. The molecule has 1 aromatic heterocycles. The number of aromatic nitrogens is 2. The number of nitrogens with one attached hydrogen (secondary N) is 1. The van der Waals surface area contributed by atoms with Crippen molar-refractivity contribution in [3.05, 3.63) is 41.6 Å². The maximum absolute atomic E-state index is 12.6. The largest absolute Gasteiger partial charge is 0.416 e. The zero-order valence-electron chi connectivity index (χ0n) is 14.3. The van der Waals surface area contributed by atoms with Crippen LogP contribution in [0.1, 0.15) is 31.0 Å². The number of halogens is 3. The number of alkyl halides is 3. The van der Waals surface area contributed by atoms with E-state index < -0.39 is 11.7 Å². The molecular formula is C18H21F3N4. The van der Waals surface area contributed by atoms with Gasteiger partial charge in [-0.2, -0.15) is 18.2 Å². The van der Waals surface area contributed by atoms with E-state index in [0.717, 1.165) is 43.2 Å². The Labute approximate surface area is 145 Å². The van der Waals surface area contributed by atoms with Crippen LogP contribution in [0.25, 0.3) is 0 Å². The van der Waals surface area contributed by atoms with Crippen LogP contribution in [-0.2, 0) is 6.18 Å². The molecule has 0 bridgehead atoms. The summed E-state index contributed by atoms with van der Waals surface area (Å²) in [7, 11) is 0. The molecule has 0 amide bonds. The predicted octanol–water partition coefficient (Wildman–Crippen LogP) is 4.78. The molecule has 1 aliphatic rings. The topological polar surface area (TPSA) is 41.1 Å². The van der Waals surface area contributed by atoms with Crippen LogP contribution in [0, 0.1) is 12.8 Å². The Morgan fingerprint density at radius 1 is 1.16 bits per heavy atom. The first-order valence-electron chi connectivity index (χ1n) is 8.36. The molecular weight excluding hydrogens is 329 g/mol. The number of hydrogen-bond acceptors (Lipinski definition) is 4. The van der Waals surface area contributed by atoms with E-state index in [1.165, 1.54) is 18.6 Å². The number of benzene rings is 1. The first-order chi connectivity index (χ1) is 11.8. The lowest BCUT2D eigenvalue weighted by atomic mass is 10.0. The summed E-state index contributed by atoms with van der Waals surface area (Å²) in [5.41, 5.74) is 0.667. The number of aryl methyl sites for hydroxylation is 1. The van der Waals surface area contributed by atoms with Gasteiger partial charge in [-0.15, -0.1) is 0 Å². The van der Waals surface area contributed by atoms with Gasteiger partial charge in [0.2, 0.25) is 5.95 Å². The van der Waals surface area contributed by atoms with E-state index in [-0.39, 0.29) is 0 Å². The fourth-order valence-corrected chi connectivity index (χ4v) is 3.04. The molecule has 25 heavy (non-hydrogen) atoms. The third kappa shape index (κ3) is 4.41. The number of anilines is 3. The molecule has 0 aliphatic carbocycles. The molecule has 0 saturated carbocycles. The number of nitrogens with zero attached hydrogens (tertiary/aromatic N) is 3. The van der Waals surface area contributed by atoms with Crippen molar-refractivity contribution >= 4 is 17.5 Å². The summed E-state index contributed by atoms with van der Waals surface area (Å²) >= 11 is 0. The minimum Gasteiger partial charge on any atom is -0.356 e. The molecule has 1 fully saturated rings. The fraction of sp³-hybridized carbons (Fsp3) is 0.444. The molecule has 134 valence electrons. The van der Waals surface area contributed by atoms with Crippen molar-refractivity contribution in [2.24, 2.45) is 5.92 Å². The number of hydrogen-bond donors (Lipinski definition) is 1. The fourth-order valence-electron chi connectivity index (χ4n) is 3.04. The van der Waals surface area contributed by atoms with Gasteiger partial charge in [-0.05, 0) is 49.9 Å². The summed E-state index contributed by atoms with van der Waals surface area (Å²) < 4.78 is 37.9. The standard InChI is InChI=1S/C18H21F3N4/c1-12-4-3-9-25(11-12)16-10-13(2)22-17(24-16)23-15-7-5-14(6-8-15)18(19,20)21/h5-8,10,12H,3-4,9,11H2,1-2H3,(H,22,23,24). The molecule has 7 heteroatoms. The van der Waals surface area contributed by atoms with Crippen LogP contribution < -0.4 is 10.2 Å². The van der Waals surface area contributed by atoms with Gasteiger partial charge in [0.05, 0.1) is 5.56 Å². The van der Waals surface area contributed by atoms with E-state index in [9.17, 15) is 13.2 Å². The van der Waals surface area contributed by atoms with Crippen LogP contribution >= 0.6 is 0 Å². The van der Waals surface area contributed by atoms with Gasteiger partial charge in [-0.1, -0.05) is 6.92 Å². The molecule has 1 atom stereocenters. The van der Waals surface area contributed by atoms with E-state index >= 15 is 0 Å². The van der Waals surface area contributed by atoms with Crippen molar-refractivity contribution in [1.29, 1.82) is 0 Å². The van der Waals surface area contributed by atoms with Gasteiger partial charge in [0, 0.05) is 30.5 Å². The summed E-state index contributed by atoms with van der Waals surface area (Å²) in [5.74, 6) is 1.87. The van der Waals surface area contributed by atoms with Crippen molar-refractivity contribution in [1.82, 2.24) is 9.97 Å². The summed E-state index contributed by atoms with van der Waals surface area (Å²) in [4.78, 5) is 11.1. The molecule has 3 rings (SSSR count). The van der Waals surface area contributed by atoms with Crippen molar-refractivity contribution in [3.63, 3.8) is 0 Å². The highest BCUT2D eigenvalue weighted by molar-refractivity contribution is 5.56. The normalized spacial score (nSPS) is 18.3. The minimum atomic E-state index is -4.34. The van der Waals surface area contributed by atoms with Gasteiger partial charge >= 0.3 is 6.18 Å². The Balaban J connectivity index is 1.78. The van der Waals surface area contributed by atoms with Crippen LogP contribution in [0.15, 0.2) is 30.3 Å². The highest BCUT2D eigenvalue weighted by atomic mass is 19.4. The van der Waals surface area contributed by atoms with Gasteiger partial charge in [-0.3, -0.25) is 0 Å². The number of piperidine rings is 1. The van der Waals surface area contributed by atoms with E-state index in [2.05, 4.69) is 27.1 Å². The molecule has 2 aromatic rings.